The van der Waals surface area contributed by atoms with Gasteiger partial charge in [-0.3, -0.25) is 4.79 Å². The van der Waals surface area contributed by atoms with Gasteiger partial charge in [0.2, 0.25) is 0 Å². The molecule has 21 heavy (non-hydrogen) atoms. The van der Waals surface area contributed by atoms with Crippen LogP contribution in [0.25, 0.3) is 0 Å². The summed E-state index contributed by atoms with van der Waals surface area (Å²) in [5, 5.41) is -0.401. The van der Waals surface area contributed by atoms with Crippen LogP contribution in [-0.4, -0.2) is 32.8 Å². The van der Waals surface area contributed by atoms with Crippen LogP contribution < -0.4 is 4.74 Å². The second-order valence-corrected chi connectivity index (χ2v) is 8.77. The number of ether oxygens (including phenoxy) is 1. The van der Waals surface area contributed by atoms with Crippen LogP contribution in [0, 0.1) is 5.92 Å². The van der Waals surface area contributed by atoms with Crippen molar-refractivity contribution in [3.8, 4) is 5.75 Å². The second-order valence-electron chi connectivity index (χ2n) is 5.52. The largest absolute Gasteiger partial charge is 0.496 e. The molecule has 0 spiro atoms. The average Bonchev–Trinajstić information content (AvgIpc) is 2.45. The zero-order valence-corrected chi connectivity index (χ0v) is 14.5. The van der Waals surface area contributed by atoms with E-state index in [4.69, 9.17) is 4.74 Å². The second kappa shape index (κ2) is 6.48. The number of benzene rings is 1. The lowest BCUT2D eigenvalue weighted by atomic mass is 9.83. The Morgan fingerprint density at radius 1 is 1.33 bits per heavy atom. The number of carbonyl (C=O) groups excluding carboxylic acids is 1. The lowest BCUT2D eigenvalue weighted by Crippen LogP contribution is -2.31. The van der Waals surface area contributed by atoms with Gasteiger partial charge in [0, 0.05) is 16.6 Å². The molecular weight excluding hydrogens is 356 g/mol. The number of hydrogen-bond donors (Lipinski definition) is 0. The number of methoxy groups -OCH3 is 1. The lowest BCUT2D eigenvalue weighted by molar-refractivity contribution is 0.0888. The molecule has 1 fully saturated rings. The predicted molar refractivity (Wildman–Crippen MR) is 85.6 cm³/mol. The molecule has 2 unspecified atom stereocenters. The van der Waals surface area contributed by atoms with Gasteiger partial charge in [-0.15, -0.1) is 0 Å². The molecule has 0 bridgehead atoms. The maximum absolute atomic E-state index is 12.7. The third-order valence-electron chi connectivity index (χ3n) is 4.03. The highest BCUT2D eigenvalue weighted by Crippen LogP contribution is 2.33. The van der Waals surface area contributed by atoms with Crippen LogP contribution in [0.3, 0.4) is 0 Å². The predicted octanol–water partition coefficient (Wildman–Crippen LogP) is 3.24. The summed E-state index contributed by atoms with van der Waals surface area (Å²) >= 11 is 3.35. The molecule has 0 aromatic heterocycles. The highest BCUT2D eigenvalue weighted by Gasteiger charge is 2.33. The number of hydrogen-bond acceptors (Lipinski definition) is 4. The van der Waals surface area contributed by atoms with Crippen molar-refractivity contribution in [3.05, 3.63) is 28.2 Å². The van der Waals surface area contributed by atoms with E-state index in [1.165, 1.54) is 13.4 Å². The van der Waals surface area contributed by atoms with Gasteiger partial charge in [-0.1, -0.05) is 22.4 Å². The summed E-state index contributed by atoms with van der Waals surface area (Å²) in [5.74, 6) is 0.261. The zero-order chi connectivity index (χ0) is 15.6. The third-order valence-corrected chi connectivity index (χ3v) is 6.16. The van der Waals surface area contributed by atoms with Crippen LogP contribution in [0.4, 0.5) is 0 Å². The van der Waals surface area contributed by atoms with Gasteiger partial charge < -0.3 is 4.74 Å². The van der Waals surface area contributed by atoms with Crippen molar-refractivity contribution >= 4 is 31.6 Å². The van der Waals surface area contributed by atoms with E-state index >= 15 is 0 Å². The van der Waals surface area contributed by atoms with Crippen molar-refractivity contribution in [2.24, 2.45) is 5.92 Å². The van der Waals surface area contributed by atoms with Gasteiger partial charge in [0.15, 0.2) is 5.78 Å². The first-order valence-corrected chi connectivity index (χ1v) is 9.64. The molecule has 1 saturated carbocycles. The molecule has 0 radical (unpaired) electrons. The van der Waals surface area contributed by atoms with Gasteiger partial charge in [0.25, 0.3) is 0 Å². The maximum Gasteiger partial charge on any atom is 0.169 e. The van der Waals surface area contributed by atoms with E-state index in [-0.39, 0.29) is 11.7 Å². The molecule has 1 aromatic rings. The van der Waals surface area contributed by atoms with Crippen LogP contribution >= 0.6 is 15.9 Å². The average molecular weight is 375 g/mol. The van der Waals surface area contributed by atoms with Gasteiger partial charge >= 0.3 is 0 Å². The first-order chi connectivity index (χ1) is 9.82. The number of rotatable bonds is 4. The highest BCUT2D eigenvalue weighted by molar-refractivity contribution is 9.10. The SMILES string of the molecule is COc1cc(Br)ccc1C(=O)C1CCCC(S(C)(=O)=O)C1. The lowest BCUT2D eigenvalue weighted by Gasteiger charge is -2.27. The number of sulfone groups is 1. The molecule has 116 valence electrons. The summed E-state index contributed by atoms with van der Waals surface area (Å²) < 4.78 is 29.5. The van der Waals surface area contributed by atoms with Crippen LogP contribution in [-0.2, 0) is 9.84 Å². The van der Waals surface area contributed by atoms with Gasteiger partial charge in [-0.05, 0) is 37.5 Å². The molecule has 0 aliphatic heterocycles. The van der Waals surface area contributed by atoms with Crippen LogP contribution in [0.5, 0.6) is 5.75 Å². The van der Waals surface area contributed by atoms with Gasteiger partial charge in [0.1, 0.15) is 15.6 Å². The fourth-order valence-electron chi connectivity index (χ4n) is 2.86. The summed E-state index contributed by atoms with van der Waals surface area (Å²) in [7, 11) is -1.56. The third kappa shape index (κ3) is 3.86. The maximum atomic E-state index is 12.7. The Balaban J connectivity index is 2.24. The van der Waals surface area contributed by atoms with Crippen molar-refractivity contribution in [2.75, 3.05) is 13.4 Å². The molecule has 0 heterocycles. The van der Waals surface area contributed by atoms with Crippen molar-refractivity contribution in [1.82, 2.24) is 0 Å². The van der Waals surface area contributed by atoms with Crippen molar-refractivity contribution in [2.45, 2.75) is 30.9 Å². The summed E-state index contributed by atoms with van der Waals surface area (Å²) in [4.78, 5) is 12.7. The van der Waals surface area contributed by atoms with Crippen molar-refractivity contribution in [3.63, 3.8) is 0 Å². The molecule has 0 amide bonds. The highest BCUT2D eigenvalue weighted by atomic mass is 79.9. The van der Waals surface area contributed by atoms with Gasteiger partial charge in [-0.25, -0.2) is 8.42 Å². The molecule has 2 atom stereocenters. The minimum Gasteiger partial charge on any atom is -0.496 e. The topological polar surface area (TPSA) is 60.4 Å². The van der Waals surface area contributed by atoms with E-state index in [9.17, 15) is 13.2 Å². The smallest absolute Gasteiger partial charge is 0.169 e. The molecule has 1 aliphatic rings. The molecule has 1 aliphatic carbocycles. The van der Waals surface area contributed by atoms with Crippen molar-refractivity contribution in [1.29, 1.82) is 0 Å². The van der Waals surface area contributed by atoms with E-state index in [2.05, 4.69) is 15.9 Å². The van der Waals surface area contributed by atoms with Crippen LogP contribution in [0.2, 0.25) is 0 Å². The molecule has 1 aromatic carbocycles. The Kier molecular flexibility index (Phi) is 5.09. The van der Waals surface area contributed by atoms with E-state index in [0.717, 1.165) is 17.3 Å². The molecular formula is C15H19BrO4S. The monoisotopic (exact) mass is 374 g/mol. The summed E-state index contributed by atoms with van der Waals surface area (Å²) in [6.07, 6.45) is 3.83. The quantitative estimate of drug-likeness (QED) is 0.758. The Bertz CT molecular complexity index is 639. The van der Waals surface area contributed by atoms with E-state index in [0.29, 0.717) is 24.2 Å². The number of Topliss-reactive ketones (excluding diaryl/α,β-unsaturated/α-hetero) is 1. The molecule has 4 nitrogen and oxygen atoms in total. The first kappa shape index (κ1) is 16.5. The normalized spacial score (nSPS) is 22.8. The molecule has 6 heteroatoms. The standard InChI is InChI=1S/C15H19BrO4S/c1-20-14-9-11(16)6-7-13(14)15(17)10-4-3-5-12(8-10)21(2,18)19/h6-7,9-10,12H,3-5,8H2,1-2H3. The fourth-order valence-corrected chi connectivity index (χ4v) is 4.38. The Morgan fingerprint density at radius 3 is 2.67 bits per heavy atom. The summed E-state index contributed by atoms with van der Waals surface area (Å²) in [6, 6.07) is 5.28. The summed E-state index contributed by atoms with van der Waals surface area (Å²) in [6.45, 7) is 0. The number of carbonyl (C=O) groups is 1. The van der Waals surface area contributed by atoms with Crippen LogP contribution in [0.1, 0.15) is 36.0 Å². The molecule has 0 N–H and O–H groups in total. The van der Waals surface area contributed by atoms with Crippen molar-refractivity contribution < 1.29 is 17.9 Å². The van der Waals surface area contributed by atoms with E-state index < -0.39 is 15.1 Å². The Labute approximate surface area is 133 Å². The zero-order valence-electron chi connectivity index (χ0n) is 12.1. The summed E-state index contributed by atoms with van der Waals surface area (Å²) in [5.41, 5.74) is 0.528. The minimum absolute atomic E-state index is 0.0206. The van der Waals surface area contributed by atoms with Gasteiger partial charge in [-0.2, -0.15) is 0 Å². The Hall–Kier alpha value is -0.880. The van der Waals surface area contributed by atoms with Crippen LogP contribution in [0.15, 0.2) is 22.7 Å². The minimum atomic E-state index is -3.09. The Morgan fingerprint density at radius 2 is 2.05 bits per heavy atom. The molecule has 2 rings (SSSR count). The first-order valence-electron chi connectivity index (χ1n) is 6.89. The molecule has 0 saturated heterocycles. The van der Waals surface area contributed by atoms with E-state index in [1.54, 1.807) is 18.2 Å². The fraction of sp³-hybridized carbons (Fsp3) is 0.533. The van der Waals surface area contributed by atoms with E-state index in [1.807, 2.05) is 0 Å². The number of ketones is 1. The number of halogens is 1. The van der Waals surface area contributed by atoms with Gasteiger partial charge in [0.05, 0.1) is 17.9 Å².